The summed E-state index contributed by atoms with van der Waals surface area (Å²) in [6.45, 7) is -2.54. The normalized spacial score (nSPS) is 13.0. The van der Waals surface area contributed by atoms with E-state index in [1.807, 2.05) is 0 Å². The third kappa shape index (κ3) is 8.44. The Morgan fingerprint density at radius 3 is 2.00 bits per heavy atom. The summed E-state index contributed by atoms with van der Waals surface area (Å²) in [6.07, 6.45) is -11.2. The number of carbonyl (C=O) groups is 2. The summed E-state index contributed by atoms with van der Waals surface area (Å²) >= 11 is 0. The number of aliphatic carboxylic acids is 1. The second-order valence-electron chi connectivity index (χ2n) is 4.92. The summed E-state index contributed by atoms with van der Waals surface area (Å²) in [5.41, 5.74) is 0. The highest BCUT2D eigenvalue weighted by molar-refractivity contribution is 5.84. The predicted octanol–water partition coefficient (Wildman–Crippen LogP) is 2.53. The molecule has 0 spiro atoms. The summed E-state index contributed by atoms with van der Waals surface area (Å²) in [4.78, 5) is 22.3. The van der Waals surface area contributed by atoms with Gasteiger partial charge in [0.05, 0.1) is 6.42 Å². The number of benzene rings is 1. The molecule has 26 heavy (non-hydrogen) atoms. The van der Waals surface area contributed by atoms with Crippen LogP contribution in [0.15, 0.2) is 24.3 Å². The Hall–Kier alpha value is -2.66. The SMILES string of the molecule is O=C(COc1ccccc1OCC(F)(F)F)NC(CC(F)(F)F)C(=O)O. The van der Waals surface area contributed by atoms with Crippen LogP contribution in [0.25, 0.3) is 0 Å². The number of ether oxygens (including phenoxy) is 2. The molecule has 0 saturated carbocycles. The molecule has 0 heterocycles. The molecule has 1 rings (SSSR count). The number of carboxylic acid groups (broad SMARTS) is 1. The predicted molar refractivity (Wildman–Crippen MR) is 73.7 cm³/mol. The summed E-state index contributed by atoms with van der Waals surface area (Å²) < 4.78 is 82.6. The van der Waals surface area contributed by atoms with Gasteiger partial charge in [0.25, 0.3) is 5.91 Å². The Kier molecular flexibility index (Phi) is 7.10. The third-order valence-corrected chi connectivity index (χ3v) is 2.67. The van der Waals surface area contributed by atoms with Gasteiger partial charge in [0.1, 0.15) is 6.04 Å². The van der Waals surface area contributed by atoms with Gasteiger partial charge < -0.3 is 19.9 Å². The van der Waals surface area contributed by atoms with Crippen molar-refractivity contribution in [3.8, 4) is 11.5 Å². The fraction of sp³-hybridized carbons (Fsp3) is 0.429. The number of alkyl halides is 6. The van der Waals surface area contributed by atoms with E-state index in [4.69, 9.17) is 9.84 Å². The standard InChI is InChI=1S/C14H13F6NO5/c15-13(16,17)5-8(12(23)24)21-11(22)6-25-9-3-1-2-4-10(9)26-7-14(18,19)20/h1-4,8H,5-7H2,(H,21,22)(H,23,24). The lowest BCUT2D eigenvalue weighted by Gasteiger charge is -2.17. The molecule has 1 amide bonds. The molecule has 0 aliphatic heterocycles. The van der Waals surface area contributed by atoms with Crippen molar-refractivity contribution in [2.45, 2.75) is 24.8 Å². The zero-order valence-corrected chi connectivity index (χ0v) is 12.9. The molecule has 2 N–H and O–H groups in total. The molecular formula is C14H13F6NO5. The van der Waals surface area contributed by atoms with Crippen LogP contribution in [0.5, 0.6) is 11.5 Å². The van der Waals surface area contributed by atoms with E-state index >= 15 is 0 Å². The first-order valence-corrected chi connectivity index (χ1v) is 6.87. The molecular weight excluding hydrogens is 376 g/mol. The quantitative estimate of drug-likeness (QED) is 0.668. The highest BCUT2D eigenvalue weighted by Gasteiger charge is 2.36. The number of para-hydroxylation sites is 2. The highest BCUT2D eigenvalue weighted by atomic mass is 19.4. The second kappa shape index (κ2) is 8.63. The molecule has 146 valence electrons. The molecule has 1 unspecified atom stereocenters. The van der Waals surface area contributed by atoms with Gasteiger partial charge in [-0.1, -0.05) is 12.1 Å². The maximum absolute atomic E-state index is 12.2. The lowest BCUT2D eigenvalue weighted by atomic mass is 10.2. The van der Waals surface area contributed by atoms with E-state index in [0.717, 1.165) is 6.07 Å². The number of hydrogen-bond donors (Lipinski definition) is 2. The van der Waals surface area contributed by atoms with Gasteiger partial charge in [0.15, 0.2) is 24.7 Å². The lowest BCUT2D eigenvalue weighted by molar-refractivity contribution is -0.160. The Morgan fingerprint density at radius 1 is 1.00 bits per heavy atom. The molecule has 0 saturated heterocycles. The van der Waals surface area contributed by atoms with E-state index in [1.54, 1.807) is 5.32 Å². The fourth-order valence-corrected chi connectivity index (χ4v) is 1.66. The Labute approximate surface area is 142 Å². The molecule has 0 aliphatic carbocycles. The summed E-state index contributed by atoms with van der Waals surface area (Å²) in [5, 5.41) is 10.3. The maximum Gasteiger partial charge on any atom is 0.422 e. The number of carbonyl (C=O) groups excluding carboxylic acids is 1. The van der Waals surface area contributed by atoms with E-state index in [1.165, 1.54) is 18.2 Å². The lowest BCUT2D eigenvalue weighted by Crippen LogP contribution is -2.45. The van der Waals surface area contributed by atoms with Gasteiger partial charge in [-0.15, -0.1) is 0 Å². The molecule has 0 bridgehead atoms. The van der Waals surface area contributed by atoms with Crippen LogP contribution in [0.3, 0.4) is 0 Å². The molecule has 1 aromatic rings. The maximum atomic E-state index is 12.2. The van der Waals surface area contributed by atoms with Crippen LogP contribution in [0, 0.1) is 0 Å². The van der Waals surface area contributed by atoms with Crippen molar-refractivity contribution in [3.63, 3.8) is 0 Å². The van der Waals surface area contributed by atoms with Gasteiger partial charge in [0, 0.05) is 0 Å². The van der Waals surface area contributed by atoms with Crippen LogP contribution in [0.4, 0.5) is 26.3 Å². The van der Waals surface area contributed by atoms with Crippen LogP contribution in [-0.4, -0.2) is 48.6 Å². The fourth-order valence-electron chi connectivity index (χ4n) is 1.66. The van der Waals surface area contributed by atoms with E-state index in [9.17, 15) is 35.9 Å². The number of hydrogen-bond acceptors (Lipinski definition) is 4. The molecule has 0 aromatic heterocycles. The summed E-state index contributed by atoms with van der Waals surface area (Å²) in [5.74, 6) is -3.71. The van der Waals surface area contributed by atoms with Crippen LogP contribution in [0.1, 0.15) is 6.42 Å². The molecule has 0 aliphatic rings. The van der Waals surface area contributed by atoms with E-state index < -0.39 is 49.9 Å². The number of nitrogens with one attached hydrogen (secondary N) is 1. The smallest absolute Gasteiger partial charge is 0.422 e. The van der Waals surface area contributed by atoms with Crippen LogP contribution < -0.4 is 14.8 Å². The van der Waals surface area contributed by atoms with Gasteiger partial charge in [-0.05, 0) is 12.1 Å². The number of rotatable bonds is 8. The van der Waals surface area contributed by atoms with Gasteiger partial charge in [-0.3, -0.25) is 4.79 Å². The minimum atomic E-state index is -4.82. The third-order valence-electron chi connectivity index (χ3n) is 2.67. The zero-order valence-electron chi connectivity index (χ0n) is 12.9. The van der Waals surface area contributed by atoms with Gasteiger partial charge in [0.2, 0.25) is 0 Å². The van der Waals surface area contributed by atoms with Gasteiger partial charge >= 0.3 is 18.3 Å². The van der Waals surface area contributed by atoms with Crippen molar-refractivity contribution in [1.82, 2.24) is 5.32 Å². The average Bonchev–Trinajstić information content (AvgIpc) is 2.49. The molecule has 1 aromatic carbocycles. The van der Waals surface area contributed by atoms with Crippen molar-refractivity contribution in [1.29, 1.82) is 0 Å². The van der Waals surface area contributed by atoms with E-state index in [-0.39, 0.29) is 11.5 Å². The summed E-state index contributed by atoms with van der Waals surface area (Å²) in [6, 6.07) is 2.77. The average molecular weight is 389 g/mol. The topological polar surface area (TPSA) is 84.9 Å². The van der Waals surface area contributed by atoms with Gasteiger partial charge in [-0.25, -0.2) is 4.79 Å². The Bertz CT molecular complexity index is 631. The largest absolute Gasteiger partial charge is 0.480 e. The monoisotopic (exact) mass is 389 g/mol. The van der Waals surface area contributed by atoms with Crippen molar-refractivity contribution in [2.75, 3.05) is 13.2 Å². The first-order chi connectivity index (χ1) is 11.9. The number of halogens is 6. The summed E-state index contributed by atoms with van der Waals surface area (Å²) in [7, 11) is 0. The van der Waals surface area contributed by atoms with Crippen molar-refractivity contribution < 1.29 is 50.5 Å². The van der Waals surface area contributed by atoms with Crippen molar-refractivity contribution in [2.24, 2.45) is 0 Å². The first kappa shape index (κ1) is 21.4. The number of amides is 1. The Morgan fingerprint density at radius 2 is 1.54 bits per heavy atom. The molecule has 12 heteroatoms. The van der Waals surface area contributed by atoms with Crippen LogP contribution in [0.2, 0.25) is 0 Å². The van der Waals surface area contributed by atoms with Crippen LogP contribution in [-0.2, 0) is 9.59 Å². The minimum Gasteiger partial charge on any atom is -0.480 e. The van der Waals surface area contributed by atoms with E-state index in [0.29, 0.717) is 0 Å². The van der Waals surface area contributed by atoms with Gasteiger partial charge in [-0.2, -0.15) is 26.3 Å². The first-order valence-electron chi connectivity index (χ1n) is 6.87. The Balaban J connectivity index is 2.65. The van der Waals surface area contributed by atoms with E-state index in [2.05, 4.69) is 4.74 Å². The molecule has 6 nitrogen and oxygen atoms in total. The number of carboxylic acids is 1. The van der Waals surface area contributed by atoms with Crippen molar-refractivity contribution >= 4 is 11.9 Å². The molecule has 0 radical (unpaired) electrons. The molecule has 1 atom stereocenters. The zero-order chi connectivity index (χ0) is 20.0. The van der Waals surface area contributed by atoms with Crippen molar-refractivity contribution in [3.05, 3.63) is 24.3 Å². The van der Waals surface area contributed by atoms with Crippen LogP contribution >= 0.6 is 0 Å². The second-order valence-corrected chi connectivity index (χ2v) is 4.92. The minimum absolute atomic E-state index is 0.269. The molecule has 0 fully saturated rings. The highest BCUT2D eigenvalue weighted by Crippen LogP contribution is 2.28.